The van der Waals surface area contributed by atoms with E-state index in [1.807, 2.05) is 0 Å². The minimum absolute atomic E-state index is 0.0682. The van der Waals surface area contributed by atoms with E-state index in [0.717, 1.165) is 25.3 Å². The minimum Gasteiger partial charge on any atom is -0.378 e. The quantitative estimate of drug-likeness (QED) is 0.838. The highest BCUT2D eigenvalue weighted by molar-refractivity contribution is 5.92. The Morgan fingerprint density at radius 3 is 2.54 bits per heavy atom. The molecule has 2 aromatic rings. The third-order valence-electron chi connectivity index (χ3n) is 4.61. The zero-order valence-corrected chi connectivity index (χ0v) is 13.5. The lowest BCUT2D eigenvalue weighted by atomic mass is 10.0. The highest BCUT2D eigenvalue weighted by Crippen LogP contribution is 2.22. The smallest absolute Gasteiger partial charge is 0.274 e. The minimum atomic E-state index is -0.0682. The molecule has 0 aliphatic carbocycles. The number of rotatable bonds is 2. The third kappa shape index (κ3) is 2.97. The van der Waals surface area contributed by atoms with Crippen LogP contribution in [0.5, 0.6) is 0 Å². The number of morpholine rings is 1. The summed E-state index contributed by atoms with van der Waals surface area (Å²) in [6.45, 7) is 4.16. The van der Waals surface area contributed by atoms with E-state index < -0.39 is 0 Å². The van der Waals surface area contributed by atoms with Gasteiger partial charge in [-0.05, 0) is 17.5 Å². The van der Waals surface area contributed by atoms with Gasteiger partial charge in [-0.15, -0.1) is 0 Å². The van der Waals surface area contributed by atoms with E-state index in [0.29, 0.717) is 32.0 Å². The summed E-state index contributed by atoms with van der Waals surface area (Å²) in [6.07, 6.45) is 4.31. The fourth-order valence-electron chi connectivity index (χ4n) is 3.21. The van der Waals surface area contributed by atoms with Crippen molar-refractivity contribution in [2.45, 2.75) is 13.0 Å². The molecule has 0 N–H and O–H groups in total. The number of carbonyl (C=O) groups excluding carboxylic acids is 1. The molecular formula is C18H20N4O2. The van der Waals surface area contributed by atoms with E-state index in [9.17, 15) is 4.79 Å². The van der Waals surface area contributed by atoms with Gasteiger partial charge in [-0.1, -0.05) is 24.3 Å². The van der Waals surface area contributed by atoms with Crippen LogP contribution in [0.3, 0.4) is 0 Å². The molecule has 1 aromatic carbocycles. The van der Waals surface area contributed by atoms with Crippen LogP contribution in [0.15, 0.2) is 36.7 Å². The lowest BCUT2D eigenvalue weighted by molar-refractivity contribution is 0.0298. The average molecular weight is 324 g/mol. The molecule has 1 aromatic heterocycles. The molecule has 1 amide bonds. The van der Waals surface area contributed by atoms with Gasteiger partial charge in [-0.2, -0.15) is 0 Å². The van der Waals surface area contributed by atoms with E-state index in [4.69, 9.17) is 4.74 Å². The lowest BCUT2D eigenvalue weighted by Gasteiger charge is -2.29. The molecule has 1 saturated heterocycles. The van der Waals surface area contributed by atoms with Crippen LogP contribution >= 0.6 is 0 Å². The number of aromatic nitrogens is 2. The maximum atomic E-state index is 12.4. The number of hydrogen-bond acceptors (Lipinski definition) is 5. The Balaban J connectivity index is 1.47. The Morgan fingerprint density at radius 2 is 1.79 bits per heavy atom. The van der Waals surface area contributed by atoms with Crippen molar-refractivity contribution in [3.05, 3.63) is 53.5 Å². The summed E-state index contributed by atoms with van der Waals surface area (Å²) in [5.74, 6) is 0.754. The molecule has 2 aliphatic rings. The van der Waals surface area contributed by atoms with Crippen molar-refractivity contribution in [1.82, 2.24) is 14.9 Å². The van der Waals surface area contributed by atoms with Crippen LogP contribution in [0.4, 0.5) is 5.82 Å². The van der Waals surface area contributed by atoms with Crippen LogP contribution < -0.4 is 4.90 Å². The fraction of sp³-hybridized carbons (Fsp3) is 0.389. The summed E-state index contributed by atoms with van der Waals surface area (Å²) in [6, 6.07) is 8.49. The summed E-state index contributed by atoms with van der Waals surface area (Å²) in [4.78, 5) is 25.2. The molecule has 0 atom stereocenters. The van der Waals surface area contributed by atoms with Gasteiger partial charge >= 0.3 is 0 Å². The predicted molar refractivity (Wildman–Crippen MR) is 90.0 cm³/mol. The van der Waals surface area contributed by atoms with E-state index in [2.05, 4.69) is 39.1 Å². The first-order valence-electron chi connectivity index (χ1n) is 8.32. The molecule has 124 valence electrons. The molecule has 6 nitrogen and oxygen atoms in total. The fourth-order valence-corrected chi connectivity index (χ4v) is 3.21. The number of carbonyl (C=O) groups is 1. The van der Waals surface area contributed by atoms with E-state index in [1.54, 1.807) is 17.3 Å². The topological polar surface area (TPSA) is 58.6 Å². The standard InChI is InChI=1S/C18H20N4O2/c23-18(21-7-9-24-10-8-21)16-11-20-17(12-19-16)22-6-5-14-3-1-2-4-15(14)13-22/h1-4,11-12H,5-10,13H2. The molecule has 1 fully saturated rings. The largest absolute Gasteiger partial charge is 0.378 e. The van der Waals surface area contributed by atoms with Gasteiger partial charge in [0.25, 0.3) is 5.91 Å². The zero-order chi connectivity index (χ0) is 16.4. The second-order valence-corrected chi connectivity index (χ2v) is 6.10. The van der Waals surface area contributed by atoms with Crippen molar-refractivity contribution in [2.75, 3.05) is 37.7 Å². The van der Waals surface area contributed by atoms with Gasteiger partial charge in [0.1, 0.15) is 11.5 Å². The van der Waals surface area contributed by atoms with Crippen molar-refractivity contribution in [1.29, 1.82) is 0 Å². The number of hydrogen-bond donors (Lipinski definition) is 0. The Morgan fingerprint density at radius 1 is 1.00 bits per heavy atom. The number of amides is 1. The summed E-state index contributed by atoms with van der Waals surface area (Å²) < 4.78 is 5.28. The average Bonchev–Trinajstić information content (AvgIpc) is 2.68. The summed E-state index contributed by atoms with van der Waals surface area (Å²) >= 11 is 0. The van der Waals surface area contributed by atoms with E-state index in [1.165, 1.54) is 11.1 Å². The number of nitrogens with zero attached hydrogens (tertiary/aromatic N) is 4. The maximum Gasteiger partial charge on any atom is 0.274 e. The highest BCUT2D eigenvalue weighted by Gasteiger charge is 2.21. The Kier molecular flexibility index (Phi) is 4.13. The lowest BCUT2D eigenvalue weighted by Crippen LogP contribution is -2.41. The van der Waals surface area contributed by atoms with Gasteiger partial charge in [-0.25, -0.2) is 9.97 Å². The molecule has 3 heterocycles. The first-order chi connectivity index (χ1) is 11.8. The normalized spacial score (nSPS) is 17.5. The molecule has 4 rings (SSSR count). The molecule has 24 heavy (non-hydrogen) atoms. The van der Waals surface area contributed by atoms with Gasteiger partial charge < -0.3 is 14.5 Å². The van der Waals surface area contributed by atoms with Crippen LogP contribution in [0.25, 0.3) is 0 Å². The van der Waals surface area contributed by atoms with Crippen LogP contribution in [-0.4, -0.2) is 53.6 Å². The van der Waals surface area contributed by atoms with E-state index >= 15 is 0 Å². The second-order valence-electron chi connectivity index (χ2n) is 6.10. The Hall–Kier alpha value is -2.47. The van der Waals surface area contributed by atoms with Crippen molar-refractivity contribution in [3.63, 3.8) is 0 Å². The van der Waals surface area contributed by atoms with Crippen molar-refractivity contribution >= 4 is 11.7 Å². The number of ether oxygens (including phenoxy) is 1. The molecule has 0 saturated carbocycles. The summed E-state index contributed by atoms with van der Waals surface area (Å²) in [7, 11) is 0. The van der Waals surface area contributed by atoms with Gasteiger partial charge in [0.05, 0.1) is 25.6 Å². The Labute approximate surface area is 141 Å². The number of benzene rings is 1. The molecule has 0 bridgehead atoms. The van der Waals surface area contributed by atoms with E-state index in [-0.39, 0.29) is 5.91 Å². The molecule has 0 radical (unpaired) electrons. The van der Waals surface area contributed by atoms with Gasteiger partial charge in [-0.3, -0.25) is 4.79 Å². The monoisotopic (exact) mass is 324 g/mol. The molecule has 0 unspecified atom stereocenters. The van der Waals surface area contributed by atoms with Crippen LogP contribution in [0.1, 0.15) is 21.6 Å². The summed E-state index contributed by atoms with van der Waals surface area (Å²) in [5.41, 5.74) is 3.14. The Bertz CT molecular complexity index is 726. The maximum absolute atomic E-state index is 12.4. The molecule has 2 aliphatic heterocycles. The first kappa shape index (κ1) is 15.1. The van der Waals surface area contributed by atoms with Crippen LogP contribution in [-0.2, 0) is 17.7 Å². The second kappa shape index (κ2) is 6.57. The summed E-state index contributed by atoms with van der Waals surface area (Å²) in [5, 5.41) is 0. The predicted octanol–water partition coefficient (Wildman–Crippen LogP) is 1.51. The highest BCUT2D eigenvalue weighted by atomic mass is 16.5. The number of fused-ring (bicyclic) bond motifs is 1. The SMILES string of the molecule is O=C(c1cnc(N2CCc3ccccc3C2)cn1)N1CCOCC1. The van der Waals surface area contributed by atoms with Gasteiger partial charge in [0.2, 0.25) is 0 Å². The van der Waals surface area contributed by atoms with Crippen LogP contribution in [0, 0.1) is 0 Å². The van der Waals surface area contributed by atoms with Crippen LogP contribution in [0.2, 0.25) is 0 Å². The molecule has 0 spiro atoms. The van der Waals surface area contributed by atoms with Gasteiger partial charge in [0.15, 0.2) is 0 Å². The number of anilines is 1. The third-order valence-corrected chi connectivity index (χ3v) is 4.61. The first-order valence-corrected chi connectivity index (χ1v) is 8.32. The zero-order valence-electron chi connectivity index (χ0n) is 13.5. The molecular weight excluding hydrogens is 304 g/mol. The van der Waals surface area contributed by atoms with Crippen molar-refractivity contribution in [2.24, 2.45) is 0 Å². The molecule has 6 heteroatoms. The van der Waals surface area contributed by atoms with Crippen molar-refractivity contribution < 1.29 is 9.53 Å². The van der Waals surface area contributed by atoms with Gasteiger partial charge in [0, 0.05) is 26.2 Å². The van der Waals surface area contributed by atoms with Crippen molar-refractivity contribution in [3.8, 4) is 0 Å².